The number of esters is 1. The molecule has 2 aliphatic heterocycles. The van der Waals surface area contributed by atoms with Crippen molar-refractivity contribution >= 4 is 26.3 Å². The van der Waals surface area contributed by atoms with Crippen molar-refractivity contribution in [2.24, 2.45) is 0 Å². The lowest BCUT2D eigenvalue weighted by Crippen LogP contribution is -2.59. The Kier molecular flexibility index (Phi) is 9.85. The summed E-state index contributed by atoms with van der Waals surface area (Å²) in [4.78, 5) is 43.6. The standard InChI is InChI=1S/C34H48N2O7Si/c1-10-40-31(38)24-15-16-26-28(20-24)41-18-17-35(30(26)37)22-29(43-44(8,9)34(5,6)7)27-19-23-13-11-12-14-25(23)21-36(27)32(39)42-33(2,3)4/h11-16,20,27,29H,10,17-19,21-22H2,1-9H3/t27-,29?/m0/s1. The lowest BCUT2D eigenvalue weighted by Gasteiger charge is -2.47. The second-order valence-electron chi connectivity index (χ2n) is 14.1. The lowest BCUT2D eigenvalue weighted by molar-refractivity contribution is -0.0150. The molecule has 240 valence electrons. The number of carbonyl (C=O) groups excluding carboxylic acids is 3. The molecule has 9 nitrogen and oxygen atoms in total. The minimum absolute atomic E-state index is 0.101. The van der Waals surface area contributed by atoms with Crippen LogP contribution in [0.3, 0.4) is 0 Å². The Balaban J connectivity index is 1.72. The fourth-order valence-electron chi connectivity index (χ4n) is 5.28. The molecule has 0 spiro atoms. The Morgan fingerprint density at radius 2 is 1.73 bits per heavy atom. The second kappa shape index (κ2) is 12.9. The normalized spacial score (nSPS) is 18.0. The van der Waals surface area contributed by atoms with Gasteiger partial charge in [0.1, 0.15) is 18.0 Å². The van der Waals surface area contributed by atoms with Crippen molar-refractivity contribution < 1.29 is 33.0 Å². The molecule has 0 saturated carbocycles. The fourth-order valence-corrected chi connectivity index (χ4v) is 6.62. The Hall–Kier alpha value is -3.37. The summed E-state index contributed by atoms with van der Waals surface area (Å²) in [6, 6.07) is 12.6. The fraction of sp³-hybridized carbons (Fsp3) is 0.559. The van der Waals surface area contributed by atoms with Crippen molar-refractivity contribution in [1.29, 1.82) is 0 Å². The van der Waals surface area contributed by atoms with Crippen LogP contribution in [0.4, 0.5) is 4.79 Å². The number of carbonyl (C=O) groups is 3. The third-order valence-electron chi connectivity index (χ3n) is 8.63. The zero-order valence-electron chi connectivity index (χ0n) is 27.7. The molecule has 10 heteroatoms. The van der Waals surface area contributed by atoms with E-state index in [0.29, 0.717) is 36.4 Å². The molecule has 0 saturated heterocycles. The van der Waals surface area contributed by atoms with E-state index in [1.165, 1.54) is 0 Å². The molecule has 44 heavy (non-hydrogen) atoms. The zero-order chi connectivity index (χ0) is 32.4. The summed E-state index contributed by atoms with van der Waals surface area (Å²) in [5.41, 5.74) is 2.27. The Labute approximate surface area is 262 Å². The van der Waals surface area contributed by atoms with Gasteiger partial charge in [0, 0.05) is 13.1 Å². The van der Waals surface area contributed by atoms with E-state index >= 15 is 0 Å². The number of nitrogens with zero attached hydrogens (tertiary/aromatic N) is 2. The molecule has 0 bridgehead atoms. The summed E-state index contributed by atoms with van der Waals surface area (Å²) < 4.78 is 24.1. The van der Waals surface area contributed by atoms with Crippen molar-refractivity contribution in [2.45, 2.75) is 97.3 Å². The highest BCUT2D eigenvalue weighted by Gasteiger charge is 2.45. The Bertz CT molecular complexity index is 1380. The van der Waals surface area contributed by atoms with Crippen LogP contribution in [0.15, 0.2) is 42.5 Å². The zero-order valence-corrected chi connectivity index (χ0v) is 28.7. The molecule has 0 fully saturated rings. The van der Waals surface area contributed by atoms with Crippen molar-refractivity contribution in [2.75, 3.05) is 26.3 Å². The van der Waals surface area contributed by atoms with Crippen LogP contribution in [0, 0.1) is 0 Å². The second-order valence-corrected chi connectivity index (χ2v) is 18.9. The van der Waals surface area contributed by atoms with Crippen LogP contribution in [0.25, 0.3) is 0 Å². The van der Waals surface area contributed by atoms with Crippen LogP contribution < -0.4 is 4.74 Å². The predicted octanol–water partition coefficient (Wildman–Crippen LogP) is 6.45. The van der Waals surface area contributed by atoms with Gasteiger partial charge in [0.15, 0.2) is 8.32 Å². The summed E-state index contributed by atoms with van der Waals surface area (Å²) in [7, 11) is -2.37. The first-order chi connectivity index (χ1) is 20.5. The van der Waals surface area contributed by atoms with Gasteiger partial charge in [-0.25, -0.2) is 9.59 Å². The van der Waals surface area contributed by atoms with Crippen molar-refractivity contribution in [3.05, 3.63) is 64.7 Å². The van der Waals surface area contributed by atoms with Gasteiger partial charge in [0.25, 0.3) is 5.91 Å². The number of hydrogen-bond donors (Lipinski definition) is 0. The number of rotatable bonds is 7. The molecule has 2 heterocycles. The maximum atomic E-state index is 14.0. The van der Waals surface area contributed by atoms with Gasteiger partial charge in [0.05, 0.1) is 36.4 Å². The molecule has 2 aromatic carbocycles. The minimum atomic E-state index is -2.37. The van der Waals surface area contributed by atoms with Crippen molar-refractivity contribution in [1.82, 2.24) is 9.80 Å². The monoisotopic (exact) mass is 624 g/mol. The number of amides is 2. The van der Waals surface area contributed by atoms with Crippen molar-refractivity contribution in [3.8, 4) is 5.75 Å². The van der Waals surface area contributed by atoms with E-state index in [1.54, 1.807) is 34.9 Å². The SMILES string of the molecule is CCOC(=O)c1ccc2c(c1)OCCN(CC(O[Si](C)(C)C(C)(C)C)[C@@H]1Cc3ccccc3CN1C(=O)OC(C)(C)C)C2=O. The van der Waals surface area contributed by atoms with Gasteiger partial charge in [-0.05, 0) is 81.6 Å². The molecule has 2 atom stereocenters. The summed E-state index contributed by atoms with van der Waals surface area (Å²) in [5.74, 6) is -0.321. The van der Waals surface area contributed by atoms with E-state index < -0.39 is 32.1 Å². The Morgan fingerprint density at radius 1 is 1.05 bits per heavy atom. The molecule has 4 rings (SSSR count). The number of ether oxygens (including phenoxy) is 3. The molecule has 0 N–H and O–H groups in total. The van der Waals surface area contributed by atoms with Gasteiger partial charge in [-0.2, -0.15) is 0 Å². The molecule has 0 aromatic heterocycles. The highest BCUT2D eigenvalue weighted by molar-refractivity contribution is 6.74. The van der Waals surface area contributed by atoms with E-state index in [2.05, 4.69) is 39.9 Å². The first-order valence-electron chi connectivity index (χ1n) is 15.5. The molecular weight excluding hydrogens is 576 g/mol. The van der Waals surface area contributed by atoms with Crippen LogP contribution in [0.1, 0.15) is 80.3 Å². The topological polar surface area (TPSA) is 94.6 Å². The van der Waals surface area contributed by atoms with E-state index in [1.807, 2.05) is 39.0 Å². The molecular formula is C34H48N2O7Si. The van der Waals surface area contributed by atoms with Gasteiger partial charge < -0.3 is 23.5 Å². The van der Waals surface area contributed by atoms with Gasteiger partial charge in [-0.3, -0.25) is 9.69 Å². The molecule has 2 amide bonds. The number of fused-ring (bicyclic) bond motifs is 2. The molecule has 0 aliphatic carbocycles. The summed E-state index contributed by atoms with van der Waals surface area (Å²) in [5, 5.41) is -0.101. The van der Waals surface area contributed by atoms with Gasteiger partial charge in [-0.1, -0.05) is 45.0 Å². The summed E-state index contributed by atoms with van der Waals surface area (Å²) in [6.45, 7) is 19.7. The van der Waals surface area contributed by atoms with Gasteiger partial charge in [0.2, 0.25) is 0 Å². The Morgan fingerprint density at radius 3 is 2.36 bits per heavy atom. The summed E-state index contributed by atoms with van der Waals surface area (Å²) >= 11 is 0. The molecule has 0 radical (unpaired) electrons. The van der Waals surface area contributed by atoms with Crippen LogP contribution >= 0.6 is 0 Å². The maximum absolute atomic E-state index is 14.0. The van der Waals surface area contributed by atoms with E-state index in [0.717, 1.165) is 11.1 Å². The first-order valence-corrected chi connectivity index (χ1v) is 18.4. The first kappa shape index (κ1) is 33.5. The largest absolute Gasteiger partial charge is 0.491 e. The van der Waals surface area contributed by atoms with E-state index in [4.69, 9.17) is 18.6 Å². The average Bonchev–Trinajstić information content (AvgIpc) is 3.08. The molecule has 2 aromatic rings. The lowest BCUT2D eigenvalue weighted by atomic mass is 9.91. The number of hydrogen-bond acceptors (Lipinski definition) is 7. The van der Waals surface area contributed by atoms with Crippen molar-refractivity contribution in [3.63, 3.8) is 0 Å². The smallest absolute Gasteiger partial charge is 0.410 e. The van der Waals surface area contributed by atoms with Crippen LogP contribution in [0.2, 0.25) is 18.1 Å². The van der Waals surface area contributed by atoms with Crippen LogP contribution in [0.5, 0.6) is 5.75 Å². The van der Waals surface area contributed by atoms with Gasteiger partial charge in [-0.15, -0.1) is 0 Å². The van der Waals surface area contributed by atoms with E-state index in [-0.39, 0.29) is 36.7 Å². The predicted molar refractivity (Wildman–Crippen MR) is 172 cm³/mol. The van der Waals surface area contributed by atoms with E-state index in [9.17, 15) is 14.4 Å². The van der Waals surface area contributed by atoms with Crippen LogP contribution in [-0.4, -0.2) is 80.1 Å². The highest BCUT2D eigenvalue weighted by atomic mass is 28.4. The quantitative estimate of drug-likeness (QED) is 0.258. The number of benzene rings is 2. The van der Waals surface area contributed by atoms with Gasteiger partial charge >= 0.3 is 12.1 Å². The minimum Gasteiger partial charge on any atom is -0.491 e. The molecule has 1 unspecified atom stereocenters. The third-order valence-corrected chi connectivity index (χ3v) is 13.1. The molecule has 2 aliphatic rings. The average molecular weight is 625 g/mol. The highest BCUT2D eigenvalue weighted by Crippen LogP contribution is 2.39. The maximum Gasteiger partial charge on any atom is 0.410 e. The van der Waals surface area contributed by atoms with Crippen LogP contribution in [-0.2, 0) is 26.9 Å². The summed E-state index contributed by atoms with van der Waals surface area (Å²) in [6.07, 6.45) is -0.309. The third kappa shape index (κ3) is 7.64.